The predicted octanol–water partition coefficient (Wildman–Crippen LogP) is 4.41. The molecule has 0 radical (unpaired) electrons. The molecule has 0 aliphatic heterocycles. The van der Waals surface area contributed by atoms with E-state index in [1.54, 1.807) is 0 Å². The Kier molecular flexibility index (Phi) is 6.83. The van der Waals surface area contributed by atoms with Gasteiger partial charge in [0.05, 0.1) is 0 Å². The van der Waals surface area contributed by atoms with Crippen LogP contribution in [0, 0.1) is 5.92 Å². The van der Waals surface area contributed by atoms with Gasteiger partial charge in [-0.2, -0.15) is 0 Å². The molecule has 1 aromatic carbocycles. The van der Waals surface area contributed by atoms with Crippen molar-refractivity contribution in [2.75, 3.05) is 6.54 Å². The maximum Gasteiger partial charge on any atom is 0.0207 e. The van der Waals surface area contributed by atoms with Gasteiger partial charge in [-0.1, -0.05) is 61.3 Å². The quantitative estimate of drug-likeness (QED) is 0.786. The maximum atomic E-state index is 3.67. The molecule has 0 saturated heterocycles. The third-order valence-electron chi connectivity index (χ3n) is 3.39. The van der Waals surface area contributed by atoms with Crippen LogP contribution in [-0.4, -0.2) is 12.6 Å². The van der Waals surface area contributed by atoms with E-state index in [0.29, 0.717) is 12.0 Å². The van der Waals surface area contributed by atoms with E-state index < -0.39 is 0 Å². The number of halogens is 1. The Morgan fingerprint density at radius 2 is 1.94 bits per heavy atom. The minimum Gasteiger partial charge on any atom is -0.313 e. The second kappa shape index (κ2) is 7.88. The van der Waals surface area contributed by atoms with E-state index in [4.69, 9.17) is 0 Å². The zero-order valence-corrected chi connectivity index (χ0v) is 12.8. The van der Waals surface area contributed by atoms with Crippen molar-refractivity contribution in [3.05, 3.63) is 34.3 Å². The van der Waals surface area contributed by atoms with E-state index in [1.807, 2.05) is 0 Å². The Bertz CT molecular complexity index is 324. The largest absolute Gasteiger partial charge is 0.313 e. The topological polar surface area (TPSA) is 12.0 Å². The molecule has 0 fully saturated rings. The van der Waals surface area contributed by atoms with Gasteiger partial charge in [0.1, 0.15) is 0 Å². The van der Waals surface area contributed by atoms with Crippen LogP contribution in [0.2, 0.25) is 0 Å². The van der Waals surface area contributed by atoms with E-state index in [2.05, 4.69) is 66.3 Å². The molecule has 96 valence electrons. The standard InChI is InChI=1S/C15H24BrN/c1-4-10-17-15(12(3)5-2)11-13-8-6-7-9-14(13)16/h6-9,12,15,17H,4-5,10-11H2,1-3H3. The molecule has 1 rings (SSSR count). The summed E-state index contributed by atoms with van der Waals surface area (Å²) in [4.78, 5) is 0. The van der Waals surface area contributed by atoms with Gasteiger partial charge >= 0.3 is 0 Å². The summed E-state index contributed by atoms with van der Waals surface area (Å²) in [6.07, 6.45) is 3.53. The van der Waals surface area contributed by atoms with Crippen LogP contribution in [0.15, 0.2) is 28.7 Å². The minimum absolute atomic E-state index is 0.582. The second-order valence-electron chi connectivity index (χ2n) is 4.74. The van der Waals surface area contributed by atoms with Crippen LogP contribution in [0.1, 0.15) is 39.2 Å². The zero-order valence-electron chi connectivity index (χ0n) is 11.2. The summed E-state index contributed by atoms with van der Waals surface area (Å²) in [5.41, 5.74) is 1.40. The molecule has 0 bridgehead atoms. The number of hydrogen-bond acceptors (Lipinski definition) is 1. The van der Waals surface area contributed by atoms with E-state index in [0.717, 1.165) is 13.0 Å². The Morgan fingerprint density at radius 1 is 1.24 bits per heavy atom. The highest BCUT2D eigenvalue weighted by atomic mass is 79.9. The molecule has 0 aliphatic rings. The fourth-order valence-electron chi connectivity index (χ4n) is 1.99. The van der Waals surface area contributed by atoms with E-state index >= 15 is 0 Å². The van der Waals surface area contributed by atoms with Crippen LogP contribution < -0.4 is 5.32 Å². The smallest absolute Gasteiger partial charge is 0.0207 e. The van der Waals surface area contributed by atoms with E-state index in [9.17, 15) is 0 Å². The van der Waals surface area contributed by atoms with Gasteiger partial charge in [-0.3, -0.25) is 0 Å². The van der Waals surface area contributed by atoms with Gasteiger partial charge in [-0.15, -0.1) is 0 Å². The Hall–Kier alpha value is -0.340. The molecule has 0 saturated carbocycles. The molecule has 0 heterocycles. The predicted molar refractivity (Wildman–Crippen MR) is 79.4 cm³/mol. The van der Waals surface area contributed by atoms with Gasteiger partial charge in [0, 0.05) is 10.5 Å². The van der Waals surface area contributed by atoms with Crippen molar-refractivity contribution in [1.82, 2.24) is 5.32 Å². The lowest BCUT2D eigenvalue weighted by Crippen LogP contribution is -2.37. The lowest BCUT2D eigenvalue weighted by atomic mass is 9.93. The van der Waals surface area contributed by atoms with Crippen molar-refractivity contribution in [2.45, 2.75) is 46.1 Å². The van der Waals surface area contributed by atoms with Gasteiger partial charge in [0.2, 0.25) is 0 Å². The average molecular weight is 298 g/mol. The van der Waals surface area contributed by atoms with Crippen molar-refractivity contribution < 1.29 is 0 Å². The Morgan fingerprint density at radius 3 is 2.53 bits per heavy atom. The maximum absolute atomic E-state index is 3.67. The summed E-state index contributed by atoms with van der Waals surface area (Å²) in [5.74, 6) is 0.716. The first-order valence-electron chi connectivity index (χ1n) is 6.65. The average Bonchev–Trinajstić information content (AvgIpc) is 2.35. The van der Waals surface area contributed by atoms with Crippen LogP contribution >= 0.6 is 15.9 Å². The fraction of sp³-hybridized carbons (Fsp3) is 0.600. The lowest BCUT2D eigenvalue weighted by molar-refractivity contribution is 0.364. The van der Waals surface area contributed by atoms with Crippen molar-refractivity contribution in [3.63, 3.8) is 0 Å². The molecule has 2 unspecified atom stereocenters. The van der Waals surface area contributed by atoms with Crippen molar-refractivity contribution in [3.8, 4) is 0 Å². The molecule has 1 nitrogen and oxygen atoms in total. The summed E-state index contributed by atoms with van der Waals surface area (Å²) in [6.45, 7) is 7.94. The summed E-state index contributed by atoms with van der Waals surface area (Å²) in [7, 11) is 0. The molecule has 0 aromatic heterocycles. The summed E-state index contributed by atoms with van der Waals surface area (Å²) in [6, 6.07) is 9.12. The van der Waals surface area contributed by atoms with Crippen LogP contribution in [0.25, 0.3) is 0 Å². The molecule has 0 aliphatic carbocycles. The second-order valence-corrected chi connectivity index (χ2v) is 5.60. The third kappa shape index (κ3) is 4.81. The highest BCUT2D eigenvalue weighted by Gasteiger charge is 2.16. The van der Waals surface area contributed by atoms with Crippen molar-refractivity contribution in [1.29, 1.82) is 0 Å². The fourth-order valence-corrected chi connectivity index (χ4v) is 2.44. The summed E-state index contributed by atoms with van der Waals surface area (Å²) in [5, 5.41) is 3.67. The highest BCUT2D eigenvalue weighted by Crippen LogP contribution is 2.20. The van der Waals surface area contributed by atoms with Gasteiger partial charge in [-0.05, 0) is 36.9 Å². The molecule has 2 atom stereocenters. The highest BCUT2D eigenvalue weighted by molar-refractivity contribution is 9.10. The van der Waals surface area contributed by atoms with Crippen molar-refractivity contribution >= 4 is 15.9 Å². The summed E-state index contributed by atoms with van der Waals surface area (Å²) >= 11 is 3.64. The van der Waals surface area contributed by atoms with E-state index in [-0.39, 0.29) is 0 Å². The third-order valence-corrected chi connectivity index (χ3v) is 4.16. The molecular weight excluding hydrogens is 274 g/mol. The Balaban J connectivity index is 2.68. The molecule has 0 amide bonds. The number of rotatable bonds is 7. The molecule has 1 N–H and O–H groups in total. The minimum atomic E-state index is 0.582. The van der Waals surface area contributed by atoms with Crippen LogP contribution in [0.4, 0.5) is 0 Å². The normalized spacial score (nSPS) is 14.6. The van der Waals surface area contributed by atoms with Crippen molar-refractivity contribution in [2.24, 2.45) is 5.92 Å². The van der Waals surface area contributed by atoms with Crippen LogP contribution in [-0.2, 0) is 6.42 Å². The first kappa shape index (κ1) is 14.7. The number of benzene rings is 1. The van der Waals surface area contributed by atoms with Gasteiger partial charge in [0.25, 0.3) is 0 Å². The molecule has 17 heavy (non-hydrogen) atoms. The molecule has 1 aromatic rings. The van der Waals surface area contributed by atoms with Crippen LogP contribution in [0.3, 0.4) is 0 Å². The van der Waals surface area contributed by atoms with Gasteiger partial charge in [0.15, 0.2) is 0 Å². The SMILES string of the molecule is CCCNC(Cc1ccccc1Br)C(C)CC. The number of hydrogen-bond donors (Lipinski definition) is 1. The first-order valence-corrected chi connectivity index (χ1v) is 7.45. The van der Waals surface area contributed by atoms with Gasteiger partial charge < -0.3 is 5.32 Å². The Labute approximate surface area is 114 Å². The van der Waals surface area contributed by atoms with Crippen LogP contribution in [0.5, 0.6) is 0 Å². The van der Waals surface area contributed by atoms with E-state index in [1.165, 1.54) is 22.9 Å². The molecular formula is C15H24BrN. The molecule has 2 heteroatoms. The van der Waals surface area contributed by atoms with Gasteiger partial charge in [-0.25, -0.2) is 0 Å². The zero-order chi connectivity index (χ0) is 12.7. The monoisotopic (exact) mass is 297 g/mol. The number of nitrogens with one attached hydrogen (secondary N) is 1. The summed E-state index contributed by atoms with van der Waals surface area (Å²) < 4.78 is 1.23. The first-order chi connectivity index (χ1) is 8.19. The lowest BCUT2D eigenvalue weighted by Gasteiger charge is -2.25. The molecule has 0 spiro atoms.